The first-order chi connectivity index (χ1) is 10.6. The molecule has 0 bridgehead atoms. The highest BCUT2D eigenvalue weighted by molar-refractivity contribution is 5.92. The molecule has 0 unspecified atom stereocenters. The molecule has 0 spiro atoms. The highest BCUT2D eigenvalue weighted by Gasteiger charge is 2.14. The van der Waals surface area contributed by atoms with Gasteiger partial charge in [0.15, 0.2) is 0 Å². The quantitative estimate of drug-likeness (QED) is 0.802. The number of hydrogen-bond acceptors (Lipinski definition) is 4. The van der Waals surface area contributed by atoms with E-state index in [0.29, 0.717) is 30.6 Å². The van der Waals surface area contributed by atoms with Crippen molar-refractivity contribution >= 4 is 16.9 Å². The van der Waals surface area contributed by atoms with E-state index in [0.717, 1.165) is 18.4 Å². The van der Waals surface area contributed by atoms with E-state index in [9.17, 15) is 14.7 Å². The van der Waals surface area contributed by atoms with Crippen LogP contribution in [0, 0.1) is 0 Å². The van der Waals surface area contributed by atoms with E-state index in [4.69, 9.17) is 10.5 Å². The minimum atomic E-state index is -1.22. The van der Waals surface area contributed by atoms with Gasteiger partial charge in [0.25, 0.3) is 0 Å². The van der Waals surface area contributed by atoms with E-state index in [-0.39, 0.29) is 5.56 Å². The first-order valence-corrected chi connectivity index (χ1v) is 7.17. The van der Waals surface area contributed by atoms with Gasteiger partial charge in [-0.1, -0.05) is 6.07 Å². The number of hydrogen-bond donors (Lipinski definition) is 2. The SMILES string of the molecule is COCCn1cc(C(=O)O)c(=O)c2cc(CCCN)ccc21. The molecule has 0 aliphatic rings. The van der Waals surface area contributed by atoms with Gasteiger partial charge in [-0.2, -0.15) is 0 Å². The summed E-state index contributed by atoms with van der Waals surface area (Å²) in [6.07, 6.45) is 2.97. The molecule has 1 aromatic carbocycles. The molecular weight excluding hydrogens is 284 g/mol. The molecule has 0 aliphatic heterocycles. The summed E-state index contributed by atoms with van der Waals surface area (Å²) >= 11 is 0. The summed E-state index contributed by atoms with van der Waals surface area (Å²) in [5.74, 6) is -1.22. The average molecular weight is 304 g/mol. The van der Waals surface area contributed by atoms with Crippen LogP contribution < -0.4 is 11.2 Å². The number of carboxylic acid groups (broad SMARTS) is 1. The molecule has 1 heterocycles. The third-order valence-electron chi connectivity index (χ3n) is 3.58. The summed E-state index contributed by atoms with van der Waals surface area (Å²) in [5, 5.41) is 9.65. The predicted molar refractivity (Wildman–Crippen MR) is 84.4 cm³/mol. The average Bonchev–Trinajstić information content (AvgIpc) is 2.52. The molecule has 6 heteroatoms. The van der Waals surface area contributed by atoms with Gasteiger partial charge in [0.2, 0.25) is 5.43 Å². The maximum Gasteiger partial charge on any atom is 0.341 e. The van der Waals surface area contributed by atoms with Crippen molar-refractivity contribution in [3.8, 4) is 0 Å². The number of carbonyl (C=O) groups is 1. The van der Waals surface area contributed by atoms with Gasteiger partial charge in [-0.3, -0.25) is 4.79 Å². The Hall–Kier alpha value is -2.18. The zero-order valence-electron chi connectivity index (χ0n) is 12.5. The van der Waals surface area contributed by atoms with E-state index in [1.807, 2.05) is 12.1 Å². The monoisotopic (exact) mass is 304 g/mol. The largest absolute Gasteiger partial charge is 0.477 e. The Morgan fingerprint density at radius 2 is 2.18 bits per heavy atom. The zero-order chi connectivity index (χ0) is 16.1. The number of methoxy groups -OCH3 is 1. The number of ether oxygens (including phenoxy) is 1. The van der Waals surface area contributed by atoms with Crippen LogP contribution in [0.2, 0.25) is 0 Å². The first-order valence-electron chi connectivity index (χ1n) is 7.17. The molecule has 6 nitrogen and oxygen atoms in total. The van der Waals surface area contributed by atoms with Gasteiger partial charge in [-0.25, -0.2) is 4.79 Å². The maximum absolute atomic E-state index is 12.4. The first kappa shape index (κ1) is 16.2. The molecule has 0 saturated carbocycles. The third-order valence-corrected chi connectivity index (χ3v) is 3.58. The van der Waals surface area contributed by atoms with Crippen LogP contribution in [-0.2, 0) is 17.7 Å². The van der Waals surface area contributed by atoms with Gasteiger partial charge in [0, 0.05) is 25.2 Å². The molecule has 0 saturated heterocycles. The minimum Gasteiger partial charge on any atom is -0.477 e. The number of rotatable bonds is 7. The minimum absolute atomic E-state index is 0.223. The van der Waals surface area contributed by atoms with Gasteiger partial charge < -0.3 is 20.1 Å². The van der Waals surface area contributed by atoms with Crippen LogP contribution in [0.15, 0.2) is 29.2 Å². The summed E-state index contributed by atoms with van der Waals surface area (Å²) in [5.41, 5.74) is 6.52. The van der Waals surface area contributed by atoms with Crippen molar-refractivity contribution in [1.29, 1.82) is 0 Å². The number of nitrogens with zero attached hydrogens (tertiary/aromatic N) is 1. The van der Waals surface area contributed by atoms with E-state index < -0.39 is 11.4 Å². The third kappa shape index (κ3) is 3.35. The number of aromatic nitrogens is 1. The predicted octanol–water partition coefficient (Wildman–Crippen LogP) is 1.24. The van der Waals surface area contributed by atoms with Gasteiger partial charge in [0.05, 0.1) is 12.1 Å². The van der Waals surface area contributed by atoms with Crippen molar-refractivity contribution in [1.82, 2.24) is 4.57 Å². The van der Waals surface area contributed by atoms with Gasteiger partial charge in [0.1, 0.15) is 5.56 Å². The molecular formula is C16H20N2O4. The zero-order valence-corrected chi connectivity index (χ0v) is 12.5. The number of aryl methyl sites for hydroxylation is 1. The van der Waals surface area contributed by atoms with E-state index in [1.165, 1.54) is 6.20 Å². The summed E-state index contributed by atoms with van der Waals surface area (Å²) in [4.78, 5) is 23.7. The van der Waals surface area contributed by atoms with Gasteiger partial charge in [-0.05, 0) is 37.1 Å². The molecule has 0 atom stereocenters. The lowest BCUT2D eigenvalue weighted by atomic mass is 10.0. The Morgan fingerprint density at radius 1 is 1.41 bits per heavy atom. The van der Waals surface area contributed by atoms with E-state index >= 15 is 0 Å². The van der Waals surface area contributed by atoms with Gasteiger partial charge in [-0.15, -0.1) is 0 Å². The highest BCUT2D eigenvalue weighted by atomic mass is 16.5. The fourth-order valence-electron chi connectivity index (χ4n) is 2.43. The summed E-state index contributed by atoms with van der Waals surface area (Å²) in [6.45, 7) is 1.49. The smallest absolute Gasteiger partial charge is 0.341 e. The van der Waals surface area contributed by atoms with Crippen molar-refractivity contribution in [2.24, 2.45) is 5.73 Å². The van der Waals surface area contributed by atoms with Crippen molar-refractivity contribution in [2.45, 2.75) is 19.4 Å². The summed E-state index contributed by atoms with van der Waals surface area (Å²) < 4.78 is 6.79. The number of nitrogens with two attached hydrogens (primary N) is 1. The van der Waals surface area contributed by atoms with Crippen molar-refractivity contribution in [3.63, 3.8) is 0 Å². The number of carboxylic acids is 1. The standard InChI is InChI=1S/C16H20N2O4/c1-22-8-7-18-10-13(16(20)21)15(19)12-9-11(3-2-6-17)4-5-14(12)18/h4-5,9-10H,2-3,6-8,17H2,1H3,(H,20,21). The lowest BCUT2D eigenvalue weighted by Crippen LogP contribution is -2.20. The fourth-order valence-corrected chi connectivity index (χ4v) is 2.43. The second kappa shape index (κ2) is 7.20. The lowest BCUT2D eigenvalue weighted by molar-refractivity contribution is 0.0694. The Labute approximate surface area is 128 Å². The molecule has 0 amide bonds. The Morgan fingerprint density at radius 3 is 2.82 bits per heavy atom. The lowest BCUT2D eigenvalue weighted by Gasteiger charge is -2.13. The molecule has 2 rings (SSSR count). The van der Waals surface area contributed by atoms with E-state index in [2.05, 4.69) is 0 Å². The molecule has 118 valence electrons. The topological polar surface area (TPSA) is 94.5 Å². The van der Waals surface area contributed by atoms with Crippen molar-refractivity contribution < 1.29 is 14.6 Å². The molecule has 1 aromatic heterocycles. The fraction of sp³-hybridized carbons (Fsp3) is 0.375. The molecule has 0 aliphatic carbocycles. The van der Waals surface area contributed by atoms with Gasteiger partial charge >= 0.3 is 5.97 Å². The van der Waals surface area contributed by atoms with Crippen LogP contribution in [0.4, 0.5) is 0 Å². The molecule has 0 fully saturated rings. The van der Waals surface area contributed by atoms with Crippen molar-refractivity contribution in [2.75, 3.05) is 20.3 Å². The van der Waals surface area contributed by atoms with Crippen LogP contribution >= 0.6 is 0 Å². The summed E-state index contributed by atoms with van der Waals surface area (Å²) in [6, 6.07) is 5.56. The Balaban J connectivity index is 2.61. The molecule has 0 radical (unpaired) electrons. The number of benzene rings is 1. The number of fused-ring (bicyclic) bond motifs is 1. The Bertz CT molecular complexity index is 737. The van der Waals surface area contributed by atoms with Crippen LogP contribution in [0.1, 0.15) is 22.3 Å². The number of aromatic carboxylic acids is 1. The second-order valence-corrected chi connectivity index (χ2v) is 5.11. The second-order valence-electron chi connectivity index (χ2n) is 5.11. The molecule has 22 heavy (non-hydrogen) atoms. The highest BCUT2D eigenvalue weighted by Crippen LogP contribution is 2.16. The van der Waals surface area contributed by atoms with Crippen LogP contribution in [0.3, 0.4) is 0 Å². The Kier molecular flexibility index (Phi) is 5.30. The molecule has 3 N–H and O–H groups in total. The number of pyridine rings is 1. The van der Waals surface area contributed by atoms with E-state index in [1.54, 1.807) is 17.7 Å². The van der Waals surface area contributed by atoms with Crippen LogP contribution in [0.5, 0.6) is 0 Å². The van der Waals surface area contributed by atoms with Crippen molar-refractivity contribution in [3.05, 3.63) is 45.7 Å². The molecule has 2 aromatic rings. The normalized spacial score (nSPS) is 11.0. The maximum atomic E-state index is 12.4. The summed E-state index contributed by atoms with van der Waals surface area (Å²) in [7, 11) is 1.58. The van der Waals surface area contributed by atoms with Crippen LogP contribution in [-0.4, -0.2) is 35.9 Å². The van der Waals surface area contributed by atoms with Crippen LogP contribution in [0.25, 0.3) is 10.9 Å².